The number of hydrogen-bond donors (Lipinski definition) is 0. The molecule has 2 aromatic heterocycles. The van der Waals surface area contributed by atoms with Gasteiger partial charge in [-0.2, -0.15) is 5.26 Å². The molecule has 4 aromatic rings. The maximum Gasteiger partial charge on any atom is 0.101 e. The predicted molar refractivity (Wildman–Crippen MR) is 115 cm³/mol. The molecule has 0 amide bonds. The number of aromatic nitrogens is 2. The van der Waals surface area contributed by atoms with E-state index in [2.05, 4.69) is 70.2 Å². The molecule has 0 spiro atoms. The molecule has 142 valence electrons. The Morgan fingerprint density at radius 2 is 1.72 bits per heavy atom. The van der Waals surface area contributed by atoms with Gasteiger partial charge in [-0.15, -0.1) is 0 Å². The highest BCUT2D eigenvalue weighted by atomic mass is 16.5. The van der Waals surface area contributed by atoms with Gasteiger partial charge in [0.15, 0.2) is 0 Å². The average molecular weight is 379 g/mol. The largest absolute Gasteiger partial charge is 0.501 e. The van der Waals surface area contributed by atoms with Gasteiger partial charge in [-0.1, -0.05) is 36.4 Å². The van der Waals surface area contributed by atoms with E-state index >= 15 is 0 Å². The minimum atomic E-state index is 0.0826. The SMILES string of the molecule is COC1=CC(n2c3ccccc3c3ccccc32)C(c2cncc(C#N)c2)CC1. The highest BCUT2D eigenvalue weighted by molar-refractivity contribution is 6.08. The summed E-state index contributed by atoms with van der Waals surface area (Å²) >= 11 is 0. The first-order chi connectivity index (χ1) is 14.3. The molecule has 1 aliphatic carbocycles. The second-order valence-electron chi connectivity index (χ2n) is 7.50. The van der Waals surface area contributed by atoms with Gasteiger partial charge in [-0.25, -0.2) is 0 Å². The van der Waals surface area contributed by atoms with Gasteiger partial charge in [0.25, 0.3) is 0 Å². The topological polar surface area (TPSA) is 50.8 Å². The zero-order valence-corrected chi connectivity index (χ0v) is 16.2. The molecule has 0 saturated heterocycles. The highest BCUT2D eigenvalue weighted by Gasteiger charge is 2.30. The summed E-state index contributed by atoms with van der Waals surface area (Å²) in [6.45, 7) is 0. The molecule has 0 aliphatic heterocycles. The fourth-order valence-electron chi connectivity index (χ4n) is 4.64. The fourth-order valence-corrected chi connectivity index (χ4v) is 4.64. The summed E-state index contributed by atoms with van der Waals surface area (Å²) in [5.74, 6) is 1.23. The van der Waals surface area contributed by atoms with Crippen LogP contribution in [0.2, 0.25) is 0 Å². The van der Waals surface area contributed by atoms with E-state index < -0.39 is 0 Å². The van der Waals surface area contributed by atoms with Crippen LogP contribution in [0.25, 0.3) is 21.8 Å². The molecule has 0 saturated carbocycles. The molecule has 1 aliphatic rings. The smallest absolute Gasteiger partial charge is 0.101 e. The number of nitrogens with zero attached hydrogens (tertiary/aromatic N) is 3. The van der Waals surface area contributed by atoms with E-state index in [9.17, 15) is 5.26 Å². The lowest BCUT2D eigenvalue weighted by Crippen LogP contribution is -2.21. The Bertz CT molecular complexity index is 1220. The predicted octanol–water partition coefficient (Wildman–Crippen LogP) is 5.71. The van der Waals surface area contributed by atoms with Crippen LogP contribution >= 0.6 is 0 Å². The Hall–Kier alpha value is -3.58. The van der Waals surface area contributed by atoms with Crippen molar-refractivity contribution < 1.29 is 4.74 Å². The fraction of sp³-hybridized carbons (Fsp3) is 0.200. The molecule has 0 N–H and O–H groups in total. The Labute approximate surface area is 169 Å². The van der Waals surface area contributed by atoms with Crippen molar-refractivity contribution in [3.8, 4) is 6.07 Å². The number of ether oxygens (including phenoxy) is 1. The zero-order valence-electron chi connectivity index (χ0n) is 16.2. The Morgan fingerprint density at radius 3 is 2.38 bits per heavy atom. The number of benzene rings is 2. The quantitative estimate of drug-likeness (QED) is 0.458. The van der Waals surface area contributed by atoms with Crippen molar-refractivity contribution in [3.05, 3.63) is 90.0 Å². The number of allylic oxidation sites excluding steroid dienone is 2. The number of fused-ring (bicyclic) bond motifs is 3. The normalized spacial score (nSPS) is 19.1. The van der Waals surface area contributed by atoms with E-state index in [4.69, 9.17) is 4.74 Å². The minimum absolute atomic E-state index is 0.0826. The average Bonchev–Trinajstić information content (AvgIpc) is 3.13. The second kappa shape index (κ2) is 7.10. The summed E-state index contributed by atoms with van der Waals surface area (Å²) < 4.78 is 8.08. The molecule has 0 fully saturated rings. The van der Waals surface area contributed by atoms with E-state index in [0.717, 1.165) is 24.2 Å². The number of rotatable bonds is 3. The first-order valence-corrected chi connectivity index (χ1v) is 9.87. The lowest BCUT2D eigenvalue weighted by Gasteiger charge is -2.32. The summed E-state index contributed by atoms with van der Waals surface area (Å²) in [5, 5.41) is 11.9. The Morgan fingerprint density at radius 1 is 1.03 bits per heavy atom. The second-order valence-corrected chi connectivity index (χ2v) is 7.50. The van der Waals surface area contributed by atoms with Crippen molar-refractivity contribution in [3.63, 3.8) is 0 Å². The van der Waals surface area contributed by atoms with Crippen molar-refractivity contribution in [2.24, 2.45) is 0 Å². The third kappa shape index (κ3) is 2.87. The highest BCUT2D eigenvalue weighted by Crippen LogP contribution is 2.44. The van der Waals surface area contributed by atoms with E-state index in [1.165, 1.54) is 21.8 Å². The van der Waals surface area contributed by atoms with Crippen LogP contribution in [0.1, 0.15) is 35.9 Å². The van der Waals surface area contributed by atoms with Crippen molar-refractivity contribution in [2.75, 3.05) is 7.11 Å². The van der Waals surface area contributed by atoms with Crippen molar-refractivity contribution in [1.29, 1.82) is 5.26 Å². The molecule has 4 heteroatoms. The molecule has 2 heterocycles. The van der Waals surface area contributed by atoms with Crippen LogP contribution in [0.15, 0.2) is 78.8 Å². The van der Waals surface area contributed by atoms with Crippen molar-refractivity contribution in [1.82, 2.24) is 9.55 Å². The van der Waals surface area contributed by atoms with Crippen LogP contribution in [0.4, 0.5) is 0 Å². The van der Waals surface area contributed by atoms with E-state index in [0.29, 0.717) is 5.56 Å². The first kappa shape index (κ1) is 17.5. The molecular weight excluding hydrogens is 358 g/mol. The summed E-state index contributed by atoms with van der Waals surface area (Å²) in [7, 11) is 1.74. The van der Waals surface area contributed by atoms with Gasteiger partial charge in [0.05, 0.1) is 24.5 Å². The Balaban J connectivity index is 1.77. The van der Waals surface area contributed by atoms with Gasteiger partial charge < -0.3 is 9.30 Å². The molecular formula is C25H21N3O. The van der Waals surface area contributed by atoms with Gasteiger partial charge in [0.1, 0.15) is 6.07 Å². The van der Waals surface area contributed by atoms with Crippen LogP contribution in [-0.4, -0.2) is 16.7 Å². The summed E-state index contributed by atoms with van der Waals surface area (Å²) in [4.78, 5) is 4.33. The number of hydrogen-bond acceptors (Lipinski definition) is 3. The molecule has 4 nitrogen and oxygen atoms in total. The third-order valence-electron chi connectivity index (χ3n) is 5.96. The zero-order chi connectivity index (χ0) is 19.8. The van der Waals surface area contributed by atoms with Gasteiger partial charge >= 0.3 is 0 Å². The monoisotopic (exact) mass is 379 g/mol. The number of nitriles is 1. The van der Waals surface area contributed by atoms with Crippen LogP contribution in [0.5, 0.6) is 0 Å². The maximum absolute atomic E-state index is 9.35. The number of pyridine rings is 1. The van der Waals surface area contributed by atoms with Crippen LogP contribution in [-0.2, 0) is 4.74 Å². The van der Waals surface area contributed by atoms with E-state index in [-0.39, 0.29) is 12.0 Å². The number of para-hydroxylation sites is 2. The van der Waals surface area contributed by atoms with Gasteiger partial charge in [0.2, 0.25) is 0 Å². The van der Waals surface area contributed by atoms with Crippen molar-refractivity contribution >= 4 is 21.8 Å². The molecule has 2 atom stereocenters. The van der Waals surface area contributed by atoms with Gasteiger partial charge in [-0.3, -0.25) is 4.98 Å². The van der Waals surface area contributed by atoms with E-state index in [1.807, 2.05) is 12.3 Å². The van der Waals surface area contributed by atoms with Crippen molar-refractivity contribution in [2.45, 2.75) is 24.8 Å². The van der Waals surface area contributed by atoms with Crippen LogP contribution < -0.4 is 0 Å². The standard InChI is InChI=1S/C25H21N3O/c1-29-19-10-11-20(18-12-17(14-26)15-27-16-18)25(13-19)28-23-8-4-2-6-21(23)22-7-3-5-9-24(22)28/h2-9,12-13,15-16,20,25H,10-11H2,1H3. The van der Waals surface area contributed by atoms with Crippen LogP contribution in [0.3, 0.4) is 0 Å². The maximum atomic E-state index is 9.35. The minimum Gasteiger partial charge on any atom is -0.501 e. The van der Waals surface area contributed by atoms with Gasteiger partial charge in [0, 0.05) is 46.5 Å². The summed E-state index contributed by atoms with van der Waals surface area (Å²) in [6.07, 6.45) is 7.59. The molecule has 2 aromatic carbocycles. The molecule has 2 unspecified atom stereocenters. The van der Waals surface area contributed by atoms with Crippen LogP contribution in [0, 0.1) is 11.3 Å². The third-order valence-corrected chi connectivity index (χ3v) is 5.96. The lowest BCUT2D eigenvalue weighted by molar-refractivity contribution is 0.251. The first-order valence-electron chi connectivity index (χ1n) is 9.87. The molecule has 0 radical (unpaired) electrons. The molecule has 0 bridgehead atoms. The van der Waals surface area contributed by atoms with E-state index in [1.54, 1.807) is 13.3 Å². The summed E-state index contributed by atoms with van der Waals surface area (Å²) in [5.41, 5.74) is 4.12. The summed E-state index contributed by atoms with van der Waals surface area (Å²) in [6, 6.07) is 21.4. The lowest BCUT2D eigenvalue weighted by atomic mass is 9.83. The number of methoxy groups -OCH3 is 1. The van der Waals surface area contributed by atoms with Gasteiger partial charge in [-0.05, 0) is 36.3 Å². The Kier molecular flexibility index (Phi) is 4.29. The molecule has 29 heavy (non-hydrogen) atoms. The molecule has 5 rings (SSSR count).